The first-order valence-electron chi connectivity index (χ1n) is 8.13. The number of benzene rings is 2. The van der Waals surface area contributed by atoms with Gasteiger partial charge in [-0.05, 0) is 62.0 Å². The lowest BCUT2D eigenvalue weighted by molar-refractivity contribution is 0.261. The van der Waals surface area contributed by atoms with E-state index in [2.05, 4.69) is 10.2 Å². The zero-order chi connectivity index (χ0) is 17.1. The Balaban J connectivity index is 1.84. The molecular formula is C19H22F2N2O. The number of rotatable bonds is 5. The molecule has 24 heavy (non-hydrogen) atoms. The first kappa shape index (κ1) is 16.9. The molecule has 0 aliphatic carbocycles. The Bertz CT molecular complexity index is 719. The molecule has 0 saturated heterocycles. The molecule has 1 unspecified atom stereocenters. The van der Waals surface area contributed by atoms with Crippen molar-refractivity contribution < 1.29 is 13.5 Å². The van der Waals surface area contributed by atoms with Crippen LogP contribution in [0.15, 0.2) is 36.4 Å². The van der Waals surface area contributed by atoms with Gasteiger partial charge in [-0.15, -0.1) is 0 Å². The third kappa shape index (κ3) is 3.74. The monoisotopic (exact) mass is 332 g/mol. The molecule has 0 amide bonds. The highest BCUT2D eigenvalue weighted by Gasteiger charge is 2.24. The van der Waals surface area contributed by atoms with Crippen molar-refractivity contribution in [2.45, 2.75) is 12.5 Å². The Labute approximate surface area is 141 Å². The zero-order valence-electron chi connectivity index (χ0n) is 14.0. The summed E-state index contributed by atoms with van der Waals surface area (Å²) >= 11 is 0. The third-order valence-corrected chi connectivity index (χ3v) is 4.24. The molecule has 1 aliphatic heterocycles. The number of hydrogen-bond donors (Lipinski definition) is 1. The van der Waals surface area contributed by atoms with Gasteiger partial charge in [0.2, 0.25) is 0 Å². The van der Waals surface area contributed by atoms with Gasteiger partial charge in [0.1, 0.15) is 24.0 Å². The van der Waals surface area contributed by atoms with Gasteiger partial charge in [-0.2, -0.15) is 0 Å². The SMILES string of the molecule is CN(C)CCOc1ccc2c(c1)CCNC2c1cc(F)ccc1F. The molecule has 1 N–H and O–H groups in total. The Kier molecular flexibility index (Phi) is 5.11. The summed E-state index contributed by atoms with van der Waals surface area (Å²) in [6.45, 7) is 2.18. The number of ether oxygens (including phenoxy) is 1. The molecule has 1 heterocycles. The predicted molar refractivity (Wildman–Crippen MR) is 90.4 cm³/mol. The van der Waals surface area contributed by atoms with Crippen LogP contribution in [-0.4, -0.2) is 38.7 Å². The van der Waals surface area contributed by atoms with E-state index in [1.54, 1.807) is 0 Å². The normalized spacial score (nSPS) is 17.0. The van der Waals surface area contributed by atoms with Gasteiger partial charge in [-0.25, -0.2) is 8.78 Å². The van der Waals surface area contributed by atoms with Crippen molar-refractivity contribution in [2.75, 3.05) is 33.8 Å². The van der Waals surface area contributed by atoms with Crippen LogP contribution in [0.25, 0.3) is 0 Å². The molecule has 1 atom stereocenters. The molecule has 0 aromatic heterocycles. The van der Waals surface area contributed by atoms with Crippen molar-refractivity contribution in [3.05, 3.63) is 64.7 Å². The van der Waals surface area contributed by atoms with Gasteiger partial charge in [-0.3, -0.25) is 0 Å². The molecule has 2 aromatic carbocycles. The largest absolute Gasteiger partial charge is 0.492 e. The van der Waals surface area contributed by atoms with E-state index in [1.165, 1.54) is 12.1 Å². The number of hydrogen-bond acceptors (Lipinski definition) is 3. The minimum Gasteiger partial charge on any atom is -0.492 e. The number of halogens is 2. The maximum atomic E-state index is 14.1. The molecule has 1 aliphatic rings. The lowest BCUT2D eigenvalue weighted by atomic mass is 9.89. The van der Waals surface area contributed by atoms with E-state index < -0.39 is 11.6 Å². The fourth-order valence-corrected chi connectivity index (χ4v) is 2.99. The van der Waals surface area contributed by atoms with Crippen molar-refractivity contribution in [1.82, 2.24) is 10.2 Å². The Morgan fingerprint density at radius 1 is 1.12 bits per heavy atom. The van der Waals surface area contributed by atoms with Crippen LogP contribution in [0.2, 0.25) is 0 Å². The van der Waals surface area contributed by atoms with Gasteiger partial charge < -0.3 is 15.0 Å². The first-order valence-corrected chi connectivity index (χ1v) is 8.13. The van der Waals surface area contributed by atoms with Crippen LogP contribution < -0.4 is 10.1 Å². The molecular weight excluding hydrogens is 310 g/mol. The summed E-state index contributed by atoms with van der Waals surface area (Å²) in [4.78, 5) is 2.06. The van der Waals surface area contributed by atoms with Crippen molar-refractivity contribution in [2.24, 2.45) is 0 Å². The summed E-state index contributed by atoms with van der Waals surface area (Å²) in [7, 11) is 4.00. The third-order valence-electron chi connectivity index (χ3n) is 4.24. The number of nitrogens with one attached hydrogen (secondary N) is 1. The lowest BCUT2D eigenvalue weighted by Gasteiger charge is -2.28. The summed E-state index contributed by atoms with van der Waals surface area (Å²) in [5.41, 5.74) is 2.44. The van der Waals surface area contributed by atoms with Crippen LogP contribution >= 0.6 is 0 Å². The maximum Gasteiger partial charge on any atom is 0.128 e. The van der Waals surface area contributed by atoms with Crippen molar-refractivity contribution >= 4 is 0 Å². The average molecular weight is 332 g/mol. The highest BCUT2D eigenvalue weighted by Crippen LogP contribution is 2.32. The number of nitrogens with zero attached hydrogens (tertiary/aromatic N) is 1. The van der Waals surface area contributed by atoms with Crippen LogP contribution in [0.5, 0.6) is 5.75 Å². The van der Waals surface area contributed by atoms with E-state index in [9.17, 15) is 8.78 Å². The maximum absolute atomic E-state index is 14.1. The van der Waals surface area contributed by atoms with E-state index in [0.29, 0.717) is 12.2 Å². The highest BCUT2D eigenvalue weighted by molar-refractivity contribution is 5.44. The van der Waals surface area contributed by atoms with Crippen molar-refractivity contribution in [3.8, 4) is 5.75 Å². The predicted octanol–water partition coefficient (Wildman–Crippen LogP) is 3.14. The lowest BCUT2D eigenvalue weighted by Crippen LogP contribution is -2.31. The van der Waals surface area contributed by atoms with E-state index in [1.807, 2.05) is 32.3 Å². The van der Waals surface area contributed by atoms with E-state index in [-0.39, 0.29) is 6.04 Å². The van der Waals surface area contributed by atoms with Crippen LogP contribution in [0.4, 0.5) is 8.78 Å². The standard InChI is InChI=1S/C19H22F2N2O/c1-23(2)9-10-24-15-4-5-16-13(11-15)7-8-22-19(16)17-12-14(20)3-6-18(17)21/h3-6,11-12,19,22H,7-10H2,1-2H3. The quantitative estimate of drug-likeness (QED) is 0.910. The van der Waals surface area contributed by atoms with Gasteiger partial charge in [0.15, 0.2) is 0 Å². The minimum absolute atomic E-state index is 0.333. The zero-order valence-corrected chi connectivity index (χ0v) is 14.0. The fraction of sp³-hybridized carbons (Fsp3) is 0.368. The molecule has 2 aromatic rings. The second-order valence-electron chi connectivity index (χ2n) is 6.32. The molecule has 0 bridgehead atoms. The van der Waals surface area contributed by atoms with Gasteiger partial charge in [0.25, 0.3) is 0 Å². The highest BCUT2D eigenvalue weighted by atomic mass is 19.1. The van der Waals surface area contributed by atoms with E-state index in [0.717, 1.165) is 42.5 Å². The molecule has 0 fully saturated rings. The molecule has 0 spiro atoms. The molecule has 3 rings (SSSR count). The van der Waals surface area contributed by atoms with Crippen molar-refractivity contribution in [1.29, 1.82) is 0 Å². The fourth-order valence-electron chi connectivity index (χ4n) is 2.99. The van der Waals surface area contributed by atoms with Crippen molar-refractivity contribution in [3.63, 3.8) is 0 Å². The average Bonchev–Trinajstić information content (AvgIpc) is 2.56. The van der Waals surface area contributed by atoms with Crippen LogP contribution in [-0.2, 0) is 6.42 Å². The Hall–Kier alpha value is -1.98. The minimum atomic E-state index is -0.427. The summed E-state index contributed by atoms with van der Waals surface area (Å²) in [6.07, 6.45) is 0.841. The van der Waals surface area contributed by atoms with Gasteiger partial charge in [-0.1, -0.05) is 6.07 Å². The summed E-state index contributed by atoms with van der Waals surface area (Å²) in [5, 5.41) is 3.28. The second kappa shape index (κ2) is 7.28. The second-order valence-corrected chi connectivity index (χ2v) is 6.32. The molecule has 0 saturated carbocycles. The first-order chi connectivity index (χ1) is 11.5. The van der Waals surface area contributed by atoms with Gasteiger partial charge in [0, 0.05) is 18.7 Å². The molecule has 0 radical (unpaired) electrons. The topological polar surface area (TPSA) is 24.5 Å². The van der Waals surface area contributed by atoms with Crippen LogP contribution in [0.3, 0.4) is 0 Å². The smallest absolute Gasteiger partial charge is 0.128 e. The molecule has 128 valence electrons. The Morgan fingerprint density at radius 2 is 1.96 bits per heavy atom. The molecule has 3 nitrogen and oxygen atoms in total. The molecule has 5 heteroatoms. The Morgan fingerprint density at radius 3 is 2.75 bits per heavy atom. The van der Waals surface area contributed by atoms with E-state index >= 15 is 0 Å². The number of likely N-dealkylation sites (N-methyl/N-ethyl adjacent to an activating group) is 1. The van der Waals surface area contributed by atoms with Crippen LogP contribution in [0, 0.1) is 11.6 Å². The summed E-state index contributed by atoms with van der Waals surface area (Å²) in [6, 6.07) is 9.11. The van der Waals surface area contributed by atoms with E-state index in [4.69, 9.17) is 4.74 Å². The number of fused-ring (bicyclic) bond motifs is 1. The summed E-state index contributed by atoms with van der Waals surface area (Å²) in [5.74, 6) is -0.00649. The van der Waals surface area contributed by atoms with Gasteiger partial charge in [0.05, 0.1) is 6.04 Å². The van der Waals surface area contributed by atoms with Gasteiger partial charge >= 0.3 is 0 Å². The summed E-state index contributed by atoms with van der Waals surface area (Å²) < 4.78 is 33.4. The van der Waals surface area contributed by atoms with Crippen LogP contribution in [0.1, 0.15) is 22.7 Å².